The first-order valence-corrected chi connectivity index (χ1v) is 6.16. The second-order valence-corrected chi connectivity index (χ2v) is 4.61. The lowest BCUT2D eigenvalue weighted by atomic mass is 10.2. The minimum Gasteiger partial charge on any atom is -0.485 e. The van der Waals surface area contributed by atoms with Crippen LogP contribution in [-0.4, -0.2) is 0 Å². The third kappa shape index (κ3) is 2.62. The molecule has 2 N–H and O–H groups in total. The summed E-state index contributed by atoms with van der Waals surface area (Å²) in [6, 6.07) is 12.0. The number of hydrogen-bond acceptors (Lipinski definition) is 3. The Balaban J connectivity index is 2.08. The monoisotopic (exact) mass is 233 g/mol. The van der Waals surface area contributed by atoms with Crippen LogP contribution in [0.3, 0.4) is 0 Å². The van der Waals surface area contributed by atoms with Crippen LogP contribution >= 0.6 is 11.3 Å². The molecule has 0 spiro atoms. The zero-order valence-corrected chi connectivity index (χ0v) is 10.0. The molecule has 0 aliphatic rings. The Labute approximate surface area is 99.7 Å². The molecule has 1 aromatic carbocycles. The minimum atomic E-state index is 0.0908. The Bertz CT molecular complexity index is 439. The summed E-state index contributed by atoms with van der Waals surface area (Å²) in [4.78, 5) is 1.23. The summed E-state index contributed by atoms with van der Waals surface area (Å²) < 4.78 is 5.86. The SMILES string of the molecule is CC(Oc1cccc(CN)c1)c1cccs1. The summed E-state index contributed by atoms with van der Waals surface area (Å²) in [7, 11) is 0. The largest absolute Gasteiger partial charge is 0.485 e. The van der Waals surface area contributed by atoms with E-state index >= 15 is 0 Å². The second-order valence-electron chi connectivity index (χ2n) is 3.63. The van der Waals surface area contributed by atoms with E-state index in [1.165, 1.54) is 4.88 Å². The van der Waals surface area contributed by atoms with Gasteiger partial charge < -0.3 is 10.5 Å². The van der Waals surface area contributed by atoms with Crippen LogP contribution in [0.2, 0.25) is 0 Å². The smallest absolute Gasteiger partial charge is 0.130 e. The number of hydrogen-bond donors (Lipinski definition) is 1. The highest BCUT2D eigenvalue weighted by Crippen LogP contribution is 2.25. The Hall–Kier alpha value is -1.32. The van der Waals surface area contributed by atoms with Gasteiger partial charge in [0.25, 0.3) is 0 Å². The van der Waals surface area contributed by atoms with Crippen molar-refractivity contribution < 1.29 is 4.74 Å². The summed E-state index contributed by atoms with van der Waals surface area (Å²) in [5.41, 5.74) is 6.68. The third-order valence-electron chi connectivity index (χ3n) is 2.39. The van der Waals surface area contributed by atoms with Crippen LogP contribution in [0, 0.1) is 0 Å². The summed E-state index contributed by atoms with van der Waals surface area (Å²) >= 11 is 1.71. The van der Waals surface area contributed by atoms with Crippen LogP contribution in [0.5, 0.6) is 5.75 Å². The van der Waals surface area contributed by atoms with Gasteiger partial charge in [0.15, 0.2) is 0 Å². The summed E-state index contributed by atoms with van der Waals surface area (Å²) in [6.45, 7) is 2.60. The molecule has 2 aromatic rings. The number of benzene rings is 1. The number of rotatable bonds is 4. The molecule has 0 bridgehead atoms. The molecule has 1 aromatic heterocycles. The molecule has 0 radical (unpaired) electrons. The van der Waals surface area contributed by atoms with Crippen molar-refractivity contribution in [3.8, 4) is 5.75 Å². The van der Waals surface area contributed by atoms with Crippen molar-refractivity contribution in [2.75, 3.05) is 0 Å². The molecular formula is C13H15NOS. The van der Waals surface area contributed by atoms with Gasteiger partial charge in [0, 0.05) is 11.4 Å². The van der Waals surface area contributed by atoms with Crippen LogP contribution in [0.15, 0.2) is 41.8 Å². The molecule has 0 aliphatic heterocycles. The lowest BCUT2D eigenvalue weighted by Gasteiger charge is -2.13. The van der Waals surface area contributed by atoms with E-state index in [0.29, 0.717) is 6.54 Å². The van der Waals surface area contributed by atoms with Crippen molar-refractivity contribution in [1.29, 1.82) is 0 Å². The van der Waals surface area contributed by atoms with Gasteiger partial charge in [-0.15, -0.1) is 11.3 Å². The fourth-order valence-electron chi connectivity index (χ4n) is 1.53. The quantitative estimate of drug-likeness (QED) is 0.879. The Kier molecular flexibility index (Phi) is 3.59. The van der Waals surface area contributed by atoms with E-state index in [1.54, 1.807) is 11.3 Å². The van der Waals surface area contributed by atoms with Crippen molar-refractivity contribution in [2.45, 2.75) is 19.6 Å². The van der Waals surface area contributed by atoms with Crippen LogP contribution in [0.1, 0.15) is 23.5 Å². The lowest BCUT2D eigenvalue weighted by Crippen LogP contribution is -2.02. The molecule has 0 amide bonds. The Morgan fingerprint density at radius 2 is 2.19 bits per heavy atom. The molecule has 0 fully saturated rings. The first-order chi connectivity index (χ1) is 7.79. The second kappa shape index (κ2) is 5.14. The lowest BCUT2D eigenvalue weighted by molar-refractivity contribution is 0.230. The predicted octanol–water partition coefficient (Wildman–Crippen LogP) is 3.35. The van der Waals surface area contributed by atoms with Gasteiger partial charge in [-0.2, -0.15) is 0 Å². The number of nitrogens with two attached hydrogens (primary N) is 1. The highest BCUT2D eigenvalue weighted by molar-refractivity contribution is 7.10. The van der Waals surface area contributed by atoms with Gasteiger partial charge in [-0.05, 0) is 36.1 Å². The molecular weight excluding hydrogens is 218 g/mol. The van der Waals surface area contributed by atoms with Gasteiger partial charge >= 0.3 is 0 Å². The van der Waals surface area contributed by atoms with Gasteiger partial charge in [0.05, 0.1) is 0 Å². The topological polar surface area (TPSA) is 35.2 Å². The standard InChI is InChI=1S/C13H15NOS/c1-10(13-6-3-7-16-13)15-12-5-2-4-11(8-12)9-14/h2-8,10H,9,14H2,1H3. The van der Waals surface area contributed by atoms with E-state index in [0.717, 1.165) is 11.3 Å². The summed E-state index contributed by atoms with van der Waals surface area (Å²) in [5.74, 6) is 0.879. The molecule has 3 heteroatoms. The highest BCUT2D eigenvalue weighted by atomic mass is 32.1. The highest BCUT2D eigenvalue weighted by Gasteiger charge is 2.07. The maximum atomic E-state index is 5.86. The number of thiophene rings is 1. The summed E-state index contributed by atoms with van der Waals surface area (Å²) in [6.07, 6.45) is 0.0908. The van der Waals surface area contributed by atoms with Crippen molar-refractivity contribution in [2.24, 2.45) is 5.73 Å². The molecule has 2 nitrogen and oxygen atoms in total. The van der Waals surface area contributed by atoms with Crippen LogP contribution in [0.4, 0.5) is 0 Å². The van der Waals surface area contributed by atoms with Crippen LogP contribution < -0.4 is 10.5 Å². The molecule has 84 valence electrons. The molecule has 2 rings (SSSR count). The van der Waals surface area contributed by atoms with Crippen molar-refractivity contribution in [3.63, 3.8) is 0 Å². The molecule has 1 atom stereocenters. The zero-order valence-electron chi connectivity index (χ0n) is 9.22. The first kappa shape index (κ1) is 11.2. The van der Waals surface area contributed by atoms with Gasteiger partial charge in [0.1, 0.15) is 11.9 Å². The number of ether oxygens (including phenoxy) is 1. The van der Waals surface area contributed by atoms with Crippen molar-refractivity contribution in [1.82, 2.24) is 0 Å². The van der Waals surface area contributed by atoms with E-state index in [-0.39, 0.29) is 6.10 Å². The van der Waals surface area contributed by atoms with Gasteiger partial charge in [-0.3, -0.25) is 0 Å². The molecule has 0 aliphatic carbocycles. The average Bonchev–Trinajstić information content (AvgIpc) is 2.83. The van der Waals surface area contributed by atoms with Gasteiger partial charge in [0.2, 0.25) is 0 Å². The fraction of sp³-hybridized carbons (Fsp3) is 0.231. The third-order valence-corrected chi connectivity index (χ3v) is 3.42. The molecule has 16 heavy (non-hydrogen) atoms. The molecule has 1 unspecified atom stereocenters. The van der Waals surface area contributed by atoms with E-state index in [9.17, 15) is 0 Å². The van der Waals surface area contributed by atoms with Crippen molar-refractivity contribution in [3.05, 3.63) is 52.2 Å². The normalized spacial score (nSPS) is 12.4. The van der Waals surface area contributed by atoms with Gasteiger partial charge in [-0.25, -0.2) is 0 Å². The molecule has 0 saturated carbocycles. The Morgan fingerprint density at radius 3 is 2.88 bits per heavy atom. The fourth-order valence-corrected chi connectivity index (χ4v) is 2.24. The van der Waals surface area contributed by atoms with Crippen molar-refractivity contribution >= 4 is 11.3 Å². The van der Waals surface area contributed by atoms with E-state index in [1.807, 2.05) is 30.3 Å². The van der Waals surface area contributed by atoms with E-state index < -0.39 is 0 Å². The van der Waals surface area contributed by atoms with Crippen LogP contribution in [-0.2, 0) is 6.54 Å². The molecule has 0 saturated heterocycles. The molecule has 1 heterocycles. The average molecular weight is 233 g/mol. The zero-order chi connectivity index (χ0) is 11.4. The first-order valence-electron chi connectivity index (χ1n) is 5.28. The van der Waals surface area contributed by atoms with E-state index in [2.05, 4.69) is 18.4 Å². The minimum absolute atomic E-state index is 0.0908. The predicted molar refractivity (Wildman–Crippen MR) is 67.7 cm³/mol. The van der Waals surface area contributed by atoms with Crippen LogP contribution in [0.25, 0.3) is 0 Å². The Morgan fingerprint density at radius 1 is 1.31 bits per heavy atom. The van der Waals surface area contributed by atoms with E-state index in [4.69, 9.17) is 10.5 Å². The van der Waals surface area contributed by atoms with Gasteiger partial charge in [-0.1, -0.05) is 18.2 Å². The summed E-state index contributed by atoms with van der Waals surface area (Å²) in [5, 5.41) is 2.06. The maximum absolute atomic E-state index is 5.86. The maximum Gasteiger partial charge on any atom is 0.130 e.